The Balaban J connectivity index is 2.08. The summed E-state index contributed by atoms with van der Waals surface area (Å²) < 4.78 is 26.1. The normalized spacial score (nSPS) is 21.6. The molecule has 1 aliphatic heterocycles. The summed E-state index contributed by atoms with van der Waals surface area (Å²) in [6, 6.07) is 3.75. The molecule has 88 valence electrons. The van der Waals surface area contributed by atoms with E-state index in [2.05, 4.69) is 0 Å². The molecule has 2 rings (SSSR count). The lowest BCUT2D eigenvalue weighted by Gasteiger charge is -2.22. The zero-order valence-corrected chi connectivity index (χ0v) is 9.00. The maximum absolute atomic E-state index is 13.4. The fourth-order valence-corrected chi connectivity index (χ4v) is 2.18. The van der Waals surface area contributed by atoms with Crippen LogP contribution in [0.1, 0.15) is 18.4 Å². The first-order valence-electron chi connectivity index (χ1n) is 5.49. The van der Waals surface area contributed by atoms with Crippen molar-refractivity contribution in [2.75, 3.05) is 13.2 Å². The average Bonchev–Trinajstić information content (AvgIpc) is 2.69. The van der Waals surface area contributed by atoms with Gasteiger partial charge in [-0.25, -0.2) is 8.78 Å². The fourth-order valence-electron chi connectivity index (χ4n) is 2.18. The first kappa shape index (κ1) is 11.5. The molecule has 0 saturated carbocycles. The molecule has 4 heteroatoms. The largest absolute Gasteiger partial charge is 0.395 e. The van der Waals surface area contributed by atoms with E-state index in [4.69, 9.17) is 5.11 Å². The van der Waals surface area contributed by atoms with Crippen LogP contribution in [0.25, 0.3) is 0 Å². The van der Waals surface area contributed by atoms with Crippen LogP contribution < -0.4 is 0 Å². The average molecular weight is 227 g/mol. The van der Waals surface area contributed by atoms with Crippen LogP contribution in [0.15, 0.2) is 18.2 Å². The van der Waals surface area contributed by atoms with Crippen LogP contribution in [0.5, 0.6) is 0 Å². The molecule has 2 nitrogen and oxygen atoms in total. The molecule has 1 heterocycles. The molecule has 1 saturated heterocycles. The van der Waals surface area contributed by atoms with Crippen LogP contribution in [0, 0.1) is 11.6 Å². The number of likely N-dealkylation sites (tertiary alicyclic amines) is 1. The van der Waals surface area contributed by atoms with Crippen molar-refractivity contribution < 1.29 is 13.9 Å². The summed E-state index contributed by atoms with van der Waals surface area (Å²) in [4.78, 5) is 2.04. The van der Waals surface area contributed by atoms with Crippen LogP contribution >= 0.6 is 0 Å². The molecule has 16 heavy (non-hydrogen) atoms. The molecular weight excluding hydrogens is 212 g/mol. The lowest BCUT2D eigenvalue weighted by atomic mass is 10.1. The van der Waals surface area contributed by atoms with Crippen LogP contribution in [0.2, 0.25) is 0 Å². The predicted molar refractivity (Wildman–Crippen MR) is 56.9 cm³/mol. The SMILES string of the molecule is OCC1CCCN1Cc1ccc(F)cc1F. The van der Waals surface area contributed by atoms with Gasteiger partial charge in [0.1, 0.15) is 11.6 Å². The Hall–Kier alpha value is -1.00. The molecule has 1 atom stereocenters. The number of halogens is 2. The van der Waals surface area contributed by atoms with Crippen molar-refractivity contribution in [3.63, 3.8) is 0 Å². The number of rotatable bonds is 3. The van der Waals surface area contributed by atoms with Crippen LogP contribution in [0.3, 0.4) is 0 Å². The van der Waals surface area contributed by atoms with Crippen molar-refractivity contribution in [3.05, 3.63) is 35.4 Å². The third-order valence-corrected chi connectivity index (χ3v) is 3.10. The van der Waals surface area contributed by atoms with Crippen molar-refractivity contribution >= 4 is 0 Å². The van der Waals surface area contributed by atoms with Crippen molar-refractivity contribution in [2.24, 2.45) is 0 Å². The molecule has 1 fully saturated rings. The van der Waals surface area contributed by atoms with Crippen LogP contribution in [-0.2, 0) is 6.54 Å². The van der Waals surface area contributed by atoms with E-state index in [9.17, 15) is 8.78 Å². The highest BCUT2D eigenvalue weighted by atomic mass is 19.1. The van der Waals surface area contributed by atoms with Crippen molar-refractivity contribution in [1.82, 2.24) is 4.90 Å². The summed E-state index contributed by atoms with van der Waals surface area (Å²) in [5.41, 5.74) is 0.488. The van der Waals surface area contributed by atoms with Gasteiger partial charge in [0, 0.05) is 24.2 Å². The van der Waals surface area contributed by atoms with E-state index in [0.29, 0.717) is 12.1 Å². The molecule has 1 aliphatic rings. The first-order valence-corrected chi connectivity index (χ1v) is 5.49. The summed E-state index contributed by atoms with van der Waals surface area (Å²) in [6.45, 7) is 1.40. The second kappa shape index (κ2) is 4.89. The standard InChI is InChI=1S/C12H15F2NO/c13-10-4-3-9(12(14)6-10)7-15-5-1-2-11(15)8-16/h3-4,6,11,16H,1-2,5,7-8H2. The molecule has 0 radical (unpaired) electrons. The van der Waals surface area contributed by atoms with Gasteiger partial charge in [-0.2, -0.15) is 0 Å². The Morgan fingerprint density at radius 2 is 2.19 bits per heavy atom. The first-order chi connectivity index (χ1) is 7.70. The lowest BCUT2D eigenvalue weighted by molar-refractivity contribution is 0.152. The predicted octanol–water partition coefficient (Wildman–Crippen LogP) is 1.92. The third kappa shape index (κ3) is 2.39. The lowest BCUT2D eigenvalue weighted by Crippen LogP contribution is -2.31. The molecule has 1 aromatic carbocycles. The minimum absolute atomic E-state index is 0.100. The van der Waals surface area contributed by atoms with E-state index in [-0.39, 0.29) is 12.6 Å². The third-order valence-electron chi connectivity index (χ3n) is 3.10. The quantitative estimate of drug-likeness (QED) is 0.852. The van der Waals surface area contributed by atoms with Crippen LogP contribution in [-0.4, -0.2) is 29.2 Å². The van der Waals surface area contributed by atoms with E-state index in [0.717, 1.165) is 25.5 Å². The Morgan fingerprint density at radius 1 is 1.38 bits per heavy atom. The molecule has 1 N–H and O–H groups in total. The van der Waals surface area contributed by atoms with Gasteiger partial charge in [0.25, 0.3) is 0 Å². The summed E-state index contributed by atoms with van der Waals surface area (Å²) >= 11 is 0. The highest BCUT2D eigenvalue weighted by molar-refractivity contribution is 5.18. The summed E-state index contributed by atoms with van der Waals surface area (Å²) in [6.07, 6.45) is 1.97. The van der Waals surface area contributed by atoms with Gasteiger partial charge in [-0.15, -0.1) is 0 Å². The zero-order valence-electron chi connectivity index (χ0n) is 9.00. The van der Waals surface area contributed by atoms with E-state index < -0.39 is 11.6 Å². The number of aliphatic hydroxyl groups excluding tert-OH is 1. The Bertz CT molecular complexity index is 370. The molecule has 0 aromatic heterocycles. The highest BCUT2D eigenvalue weighted by Crippen LogP contribution is 2.21. The van der Waals surface area contributed by atoms with E-state index in [1.807, 2.05) is 4.90 Å². The summed E-state index contributed by atoms with van der Waals surface area (Å²) in [7, 11) is 0. The maximum Gasteiger partial charge on any atom is 0.130 e. The Kier molecular flexibility index (Phi) is 3.51. The number of aliphatic hydroxyl groups is 1. The molecule has 1 aromatic rings. The van der Waals surface area contributed by atoms with Crippen molar-refractivity contribution in [3.8, 4) is 0 Å². The minimum atomic E-state index is -0.554. The Labute approximate surface area is 93.5 Å². The maximum atomic E-state index is 13.4. The number of benzene rings is 1. The van der Waals surface area contributed by atoms with Crippen molar-refractivity contribution in [1.29, 1.82) is 0 Å². The van der Waals surface area contributed by atoms with E-state index in [1.165, 1.54) is 12.1 Å². The molecule has 0 amide bonds. The smallest absolute Gasteiger partial charge is 0.130 e. The van der Waals surface area contributed by atoms with Gasteiger partial charge in [-0.05, 0) is 25.5 Å². The van der Waals surface area contributed by atoms with Gasteiger partial charge in [-0.1, -0.05) is 6.07 Å². The van der Waals surface area contributed by atoms with Gasteiger partial charge < -0.3 is 5.11 Å². The molecule has 1 unspecified atom stereocenters. The topological polar surface area (TPSA) is 23.5 Å². The second-order valence-electron chi connectivity index (χ2n) is 4.18. The number of hydrogen-bond donors (Lipinski definition) is 1. The molecular formula is C12H15F2NO. The summed E-state index contributed by atoms with van der Waals surface area (Å²) in [5, 5.41) is 9.13. The monoisotopic (exact) mass is 227 g/mol. The van der Waals surface area contributed by atoms with Gasteiger partial charge in [0.15, 0.2) is 0 Å². The van der Waals surface area contributed by atoms with Gasteiger partial charge in [-0.3, -0.25) is 4.90 Å². The van der Waals surface area contributed by atoms with E-state index >= 15 is 0 Å². The molecule has 0 aliphatic carbocycles. The highest BCUT2D eigenvalue weighted by Gasteiger charge is 2.24. The van der Waals surface area contributed by atoms with Gasteiger partial charge in [0.2, 0.25) is 0 Å². The second-order valence-corrected chi connectivity index (χ2v) is 4.18. The number of nitrogens with zero attached hydrogens (tertiary/aromatic N) is 1. The fraction of sp³-hybridized carbons (Fsp3) is 0.500. The zero-order chi connectivity index (χ0) is 11.5. The van der Waals surface area contributed by atoms with Crippen LogP contribution in [0.4, 0.5) is 8.78 Å². The molecule has 0 bridgehead atoms. The van der Waals surface area contributed by atoms with Gasteiger partial charge >= 0.3 is 0 Å². The Morgan fingerprint density at radius 3 is 2.88 bits per heavy atom. The van der Waals surface area contributed by atoms with E-state index in [1.54, 1.807) is 0 Å². The number of hydrogen-bond acceptors (Lipinski definition) is 2. The van der Waals surface area contributed by atoms with Gasteiger partial charge in [0.05, 0.1) is 6.61 Å². The minimum Gasteiger partial charge on any atom is -0.395 e. The molecule has 0 spiro atoms. The summed E-state index contributed by atoms with van der Waals surface area (Å²) in [5.74, 6) is -1.06. The van der Waals surface area contributed by atoms with Crippen molar-refractivity contribution in [2.45, 2.75) is 25.4 Å².